The smallest absolute Gasteiger partial charge is 0.125 e. The van der Waals surface area contributed by atoms with Crippen LogP contribution in [0, 0.1) is 0 Å². The van der Waals surface area contributed by atoms with Gasteiger partial charge in [-0.25, -0.2) is 0 Å². The van der Waals surface area contributed by atoms with Gasteiger partial charge in [-0.1, -0.05) is 38.0 Å². The molecule has 0 amide bonds. The first-order valence-corrected chi connectivity index (χ1v) is 6.21. The molecular weight excluding hydrogens is 200 g/mol. The number of aliphatic hydroxyl groups is 1. The average Bonchev–Trinajstić information content (AvgIpc) is 2.75. The molecule has 0 atom stereocenters. The summed E-state index contributed by atoms with van der Waals surface area (Å²) in [7, 11) is 0. The van der Waals surface area contributed by atoms with Crippen LogP contribution in [0.2, 0.25) is 0 Å². The van der Waals surface area contributed by atoms with Gasteiger partial charge in [-0.15, -0.1) is 0 Å². The molecule has 0 unspecified atom stereocenters. The number of ether oxygens (including phenoxy) is 1. The molecule has 0 bridgehead atoms. The van der Waals surface area contributed by atoms with Gasteiger partial charge in [0.2, 0.25) is 0 Å². The predicted molar refractivity (Wildman–Crippen MR) is 64.6 cm³/mol. The zero-order valence-corrected chi connectivity index (χ0v) is 9.91. The largest absolute Gasteiger partial charge is 0.493 e. The summed E-state index contributed by atoms with van der Waals surface area (Å²) < 4.78 is 5.70. The highest BCUT2D eigenvalue weighted by molar-refractivity contribution is 5.38. The van der Waals surface area contributed by atoms with E-state index in [4.69, 9.17) is 4.74 Å². The van der Waals surface area contributed by atoms with Gasteiger partial charge in [0.1, 0.15) is 5.75 Å². The summed E-state index contributed by atoms with van der Waals surface area (Å²) in [5, 5.41) is 10.6. The maximum atomic E-state index is 10.6. The molecule has 1 fully saturated rings. The van der Waals surface area contributed by atoms with Gasteiger partial charge in [0.25, 0.3) is 0 Å². The van der Waals surface area contributed by atoms with E-state index in [1.54, 1.807) is 0 Å². The highest BCUT2D eigenvalue weighted by Gasteiger charge is 2.35. The highest BCUT2D eigenvalue weighted by atomic mass is 16.5. The lowest BCUT2D eigenvalue weighted by Gasteiger charge is -2.25. The van der Waals surface area contributed by atoms with E-state index in [1.807, 2.05) is 24.3 Å². The third-order valence-electron chi connectivity index (χ3n) is 3.28. The molecule has 0 radical (unpaired) electrons. The molecule has 1 N–H and O–H groups in total. The van der Waals surface area contributed by atoms with Crippen molar-refractivity contribution in [3.63, 3.8) is 0 Å². The van der Waals surface area contributed by atoms with Gasteiger partial charge < -0.3 is 9.84 Å². The lowest BCUT2D eigenvalue weighted by molar-refractivity contribution is 0.0412. The molecule has 1 aliphatic rings. The fourth-order valence-corrected chi connectivity index (χ4v) is 2.42. The van der Waals surface area contributed by atoms with E-state index in [9.17, 15) is 5.11 Å². The van der Waals surface area contributed by atoms with Gasteiger partial charge in [-0.05, 0) is 25.3 Å². The van der Waals surface area contributed by atoms with E-state index in [-0.39, 0.29) is 0 Å². The number of hydrogen-bond acceptors (Lipinski definition) is 2. The summed E-state index contributed by atoms with van der Waals surface area (Å²) in [6, 6.07) is 7.90. The lowest BCUT2D eigenvalue weighted by Crippen LogP contribution is -2.22. The molecule has 1 aliphatic carbocycles. The third kappa shape index (κ3) is 2.22. The topological polar surface area (TPSA) is 29.5 Å². The molecule has 1 aromatic rings. The Balaban J connectivity index is 2.24. The first-order valence-electron chi connectivity index (χ1n) is 6.21. The maximum Gasteiger partial charge on any atom is 0.125 e. The van der Waals surface area contributed by atoms with Gasteiger partial charge >= 0.3 is 0 Å². The molecule has 2 rings (SSSR count). The van der Waals surface area contributed by atoms with Crippen LogP contribution in [0.25, 0.3) is 0 Å². The van der Waals surface area contributed by atoms with Crippen molar-refractivity contribution in [3.05, 3.63) is 29.8 Å². The van der Waals surface area contributed by atoms with Gasteiger partial charge in [-0.3, -0.25) is 0 Å². The highest BCUT2D eigenvalue weighted by Crippen LogP contribution is 2.42. The molecule has 0 saturated heterocycles. The monoisotopic (exact) mass is 220 g/mol. The van der Waals surface area contributed by atoms with Crippen LogP contribution in [-0.4, -0.2) is 11.7 Å². The molecular formula is C14H20O2. The van der Waals surface area contributed by atoms with E-state index in [2.05, 4.69) is 6.92 Å². The molecule has 0 aromatic heterocycles. The van der Waals surface area contributed by atoms with Crippen molar-refractivity contribution in [1.82, 2.24) is 0 Å². The molecule has 0 spiro atoms. The van der Waals surface area contributed by atoms with Crippen molar-refractivity contribution in [2.45, 2.75) is 44.6 Å². The van der Waals surface area contributed by atoms with Gasteiger partial charge in [-0.2, -0.15) is 0 Å². The molecule has 2 nitrogen and oxygen atoms in total. The second-order valence-electron chi connectivity index (χ2n) is 4.58. The Morgan fingerprint density at radius 2 is 1.94 bits per heavy atom. The van der Waals surface area contributed by atoms with Gasteiger partial charge in [0.05, 0.1) is 12.2 Å². The summed E-state index contributed by atoms with van der Waals surface area (Å²) in [6.07, 6.45) is 4.93. The minimum Gasteiger partial charge on any atom is -0.493 e. The Morgan fingerprint density at radius 1 is 1.25 bits per heavy atom. The van der Waals surface area contributed by atoms with Gasteiger partial charge in [0.15, 0.2) is 0 Å². The van der Waals surface area contributed by atoms with Crippen molar-refractivity contribution >= 4 is 0 Å². The molecule has 2 heteroatoms. The van der Waals surface area contributed by atoms with E-state index < -0.39 is 5.60 Å². The summed E-state index contributed by atoms with van der Waals surface area (Å²) in [4.78, 5) is 0. The predicted octanol–water partition coefficient (Wildman–Crippen LogP) is 3.24. The van der Waals surface area contributed by atoms with Crippen molar-refractivity contribution in [2.75, 3.05) is 6.61 Å². The van der Waals surface area contributed by atoms with Gasteiger partial charge in [0, 0.05) is 5.56 Å². The molecule has 1 saturated carbocycles. The van der Waals surface area contributed by atoms with E-state index in [1.165, 1.54) is 0 Å². The van der Waals surface area contributed by atoms with Crippen LogP contribution in [-0.2, 0) is 5.60 Å². The summed E-state index contributed by atoms with van der Waals surface area (Å²) in [5.74, 6) is 0.855. The minimum atomic E-state index is -0.648. The fraction of sp³-hybridized carbons (Fsp3) is 0.571. The SMILES string of the molecule is CCCOc1ccccc1C1(O)CCCC1. The number of rotatable bonds is 4. The van der Waals surface area contributed by atoms with Crippen LogP contribution in [0.4, 0.5) is 0 Å². The minimum absolute atomic E-state index is 0.648. The number of benzene rings is 1. The summed E-state index contributed by atoms with van der Waals surface area (Å²) in [6.45, 7) is 2.81. The van der Waals surface area contributed by atoms with Crippen molar-refractivity contribution in [2.24, 2.45) is 0 Å². The number of para-hydroxylation sites is 1. The number of hydrogen-bond donors (Lipinski definition) is 1. The lowest BCUT2D eigenvalue weighted by atomic mass is 9.91. The van der Waals surface area contributed by atoms with Crippen LogP contribution >= 0.6 is 0 Å². The van der Waals surface area contributed by atoms with Crippen molar-refractivity contribution < 1.29 is 9.84 Å². The Morgan fingerprint density at radius 3 is 2.62 bits per heavy atom. The normalized spacial score (nSPS) is 18.6. The molecule has 16 heavy (non-hydrogen) atoms. The zero-order chi connectivity index (χ0) is 11.4. The Labute approximate surface area is 97.3 Å². The van der Waals surface area contributed by atoms with Crippen LogP contribution in [0.1, 0.15) is 44.6 Å². The Bertz CT molecular complexity index is 340. The van der Waals surface area contributed by atoms with E-state index in [0.29, 0.717) is 6.61 Å². The summed E-state index contributed by atoms with van der Waals surface area (Å²) >= 11 is 0. The maximum absolute atomic E-state index is 10.6. The second-order valence-corrected chi connectivity index (χ2v) is 4.58. The van der Waals surface area contributed by atoms with Crippen LogP contribution in [0.15, 0.2) is 24.3 Å². The first-order chi connectivity index (χ1) is 7.76. The average molecular weight is 220 g/mol. The Kier molecular flexibility index (Phi) is 3.49. The molecule has 0 aliphatic heterocycles. The molecule has 0 heterocycles. The van der Waals surface area contributed by atoms with Crippen LogP contribution in [0.3, 0.4) is 0 Å². The van der Waals surface area contributed by atoms with Crippen LogP contribution < -0.4 is 4.74 Å². The van der Waals surface area contributed by atoms with Crippen LogP contribution in [0.5, 0.6) is 5.75 Å². The quantitative estimate of drug-likeness (QED) is 0.844. The first kappa shape index (κ1) is 11.5. The molecule has 1 aromatic carbocycles. The standard InChI is InChI=1S/C14H20O2/c1-2-11-16-13-8-4-3-7-12(13)14(15)9-5-6-10-14/h3-4,7-8,15H,2,5-6,9-11H2,1H3. The third-order valence-corrected chi connectivity index (χ3v) is 3.28. The van der Waals surface area contributed by atoms with E-state index >= 15 is 0 Å². The summed E-state index contributed by atoms with van der Waals surface area (Å²) in [5.41, 5.74) is 0.325. The molecule has 88 valence electrons. The fourth-order valence-electron chi connectivity index (χ4n) is 2.42. The zero-order valence-electron chi connectivity index (χ0n) is 9.91. The van der Waals surface area contributed by atoms with Crippen molar-refractivity contribution in [1.29, 1.82) is 0 Å². The second kappa shape index (κ2) is 4.88. The van der Waals surface area contributed by atoms with E-state index in [0.717, 1.165) is 43.4 Å². The Hall–Kier alpha value is -1.02. The van der Waals surface area contributed by atoms with Crippen molar-refractivity contribution in [3.8, 4) is 5.75 Å².